The molecule has 0 spiro atoms. The van der Waals surface area contributed by atoms with Gasteiger partial charge in [0, 0.05) is 30.9 Å². The Morgan fingerprint density at radius 3 is 2.83 bits per heavy atom. The summed E-state index contributed by atoms with van der Waals surface area (Å²) in [5, 5.41) is 6.47. The molecule has 1 aromatic heterocycles. The SMILES string of the molecule is CNCCc1ccc(Oc2ccc(C3=NCCCN3)cn2)c(C)c1. The van der Waals surface area contributed by atoms with Gasteiger partial charge in [0.15, 0.2) is 0 Å². The number of aryl methyl sites for hydroxylation is 1. The molecule has 1 aliphatic rings. The summed E-state index contributed by atoms with van der Waals surface area (Å²) in [5.41, 5.74) is 3.42. The molecule has 0 saturated carbocycles. The lowest BCUT2D eigenvalue weighted by molar-refractivity contribution is 0.459. The highest BCUT2D eigenvalue weighted by Gasteiger charge is 2.09. The van der Waals surface area contributed by atoms with Gasteiger partial charge in [0.1, 0.15) is 11.6 Å². The molecule has 0 unspecified atom stereocenters. The van der Waals surface area contributed by atoms with E-state index in [1.807, 2.05) is 31.4 Å². The second-order valence-corrected chi connectivity index (χ2v) is 5.95. The number of aliphatic imine (C=N–C) groups is 1. The maximum Gasteiger partial charge on any atom is 0.219 e. The molecule has 3 rings (SSSR count). The Kier molecular flexibility index (Phi) is 5.43. The smallest absolute Gasteiger partial charge is 0.219 e. The fourth-order valence-corrected chi connectivity index (χ4v) is 2.67. The molecule has 2 N–H and O–H groups in total. The van der Waals surface area contributed by atoms with E-state index in [0.29, 0.717) is 5.88 Å². The minimum atomic E-state index is 0.598. The van der Waals surface area contributed by atoms with E-state index >= 15 is 0 Å². The summed E-state index contributed by atoms with van der Waals surface area (Å²) < 4.78 is 5.92. The van der Waals surface area contributed by atoms with Crippen LogP contribution in [0.15, 0.2) is 41.5 Å². The average molecular weight is 324 g/mol. The molecular formula is C19H24N4O. The molecule has 0 atom stereocenters. The zero-order valence-corrected chi connectivity index (χ0v) is 14.3. The van der Waals surface area contributed by atoms with E-state index in [-0.39, 0.29) is 0 Å². The molecule has 0 saturated heterocycles. The minimum absolute atomic E-state index is 0.598. The predicted octanol–water partition coefficient (Wildman–Crippen LogP) is 2.68. The summed E-state index contributed by atoms with van der Waals surface area (Å²) in [5.74, 6) is 2.36. The van der Waals surface area contributed by atoms with E-state index in [1.165, 1.54) is 5.56 Å². The van der Waals surface area contributed by atoms with Crippen LogP contribution in [-0.2, 0) is 6.42 Å². The van der Waals surface area contributed by atoms with Crippen molar-refractivity contribution in [2.75, 3.05) is 26.7 Å². The van der Waals surface area contributed by atoms with Gasteiger partial charge < -0.3 is 15.4 Å². The Morgan fingerprint density at radius 2 is 2.17 bits per heavy atom. The molecule has 5 heteroatoms. The maximum absolute atomic E-state index is 5.92. The summed E-state index contributed by atoms with van der Waals surface area (Å²) in [7, 11) is 1.97. The number of aromatic nitrogens is 1. The highest BCUT2D eigenvalue weighted by atomic mass is 16.5. The number of nitrogens with zero attached hydrogens (tertiary/aromatic N) is 2. The van der Waals surface area contributed by atoms with Crippen LogP contribution < -0.4 is 15.4 Å². The first-order valence-electron chi connectivity index (χ1n) is 8.43. The van der Waals surface area contributed by atoms with Crippen LogP contribution in [0.4, 0.5) is 0 Å². The third-order valence-corrected chi connectivity index (χ3v) is 4.02. The van der Waals surface area contributed by atoms with Crippen molar-refractivity contribution in [2.45, 2.75) is 19.8 Å². The normalized spacial score (nSPS) is 14.0. The third kappa shape index (κ3) is 4.11. The number of amidine groups is 1. The molecule has 24 heavy (non-hydrogen) atoms. The van der Waals surface area contributed by atoms with Gasteiger partial charge in [-0.3, -0.25) is 4.99 Å². The Bertz CT molecular complexity index is 710. The van der Waals surface area contributed by atoms with Gasteiger partial charge in [-0.05, 0) is 56.6 Å². The summed E-state index contributed by atoms with van der Waals surface area (Å²) in [6.45, 7) is 4.88. The Morgan fingerprint density at radius 1 is 1.25 bits per heavy atom. The predicted molar refractivity (Wildman–Crippen MR) is 97.1 cm³/mol. The van der Waals surface area contributed by atoms with E-state index in [4.69, 9.17) is 4.74 Å². The lowest BCUT2D eigenvalue weighted by Gasteiger charge is -2.14. The van der Waals surface area contributed by atoms with Crippen molar-refractivity contribution in [2.24, 2.45) is 4.99 Å². The van der Waals surface area contributed by atoms with Crippen LogP contribution >= 0.6 is 0 Å². The van der Waals surface area contributed by atoms with Crippen LogP contribution in [0.2, 0.25) is 0 Å². The highest BCUT2D eigenvalue weighted by molar-refractivity contribution is 5.98. The zero-order chi connectivity index (χ0) is 16.8. The first-order chi connectivity index (χ1) is 11.8. The second-order valence-electron chi connectivity index (χ2n) is 5.95. The molecule has 1 aromatic carbocycles. The van der Waals surface area contributed by atoms with Crippen LogP contribution in [0.5, 0.6) is 11.6 Å². The molecule has 1 aliphatic heterocycles. The summed E-state index contributed by atoms with van der Waals surface area (Å²) in [6.07, 6.45) is 3.91. The van der Waals surface area contributed by atoms with Crippen molar-refractivity contribution in [3.8, 4) is 11.6 Å². The van der Waals surface area contributed by atoms with Crippen molar-refractivity contribution in [3.05, 3.63) is 53.2 Å². The van der Waals surface area contributed by atoms with Gasteiger partial charge >= 0.3 is 0 Å². The van der Waals surface area contributed by atoms with Gasteiger partial charge in [0.2, 0.25) is 5.88 Å². The Hall–Kier alpha value is -2.40. The van der Waals surface area contributed by atoms with Crippen molar-refractivity contribution in [1.29, 1.82) is 0 Å². The largest absolute Gasteiger partial charge is 0.439 e. The number of pyridine rings is 1. The number of ether oxygens (including phenoxy) is 1. The van der Waals surface area contributed by atoms with E-state index in [9.17, 15) is 0 Å². The average Bonchev–Trinajstić information content (AvgIpc) is 2.63. The number of rotatable bonds is 6. The number of nitrogens with one attached hydrogen (secondary N) is 2. The van der Waals surface area contributed by atoms with Gasteiger partial charge in [0.05, 0.1) is 0 Å². The second kappa shape index (κ2) is 7.93. The Labute approximate surface area is 143 Å². The van der Waals surface area contributed by atoms with Gasteiger partial charge in [-0.2, -0.15) is 0 Å². The number of hydrogen-bond donors (Lipinski definition) is 2. The third-order valence-electron chi connectivity index (χ3n) is 4.02. The summed E-state index contributed by atoms with van der Waals surface area (Å²) in [4.78, 5) is 8.89. The standard InChI is InChI=1S/C19H24N4O/c1-14-12-15(8-11-20-2)4-6-17(14)24-18-7-5-16(13-23-18)19-21-9-3-10-22-19/h4-7,12-13,20H,3,8-11H2,1-2H3,(H,21,22). The summed E-state index contributed by atoms with van der Waals surface area (Å²) in [6, 6.07) is 10.2. The van der Waals surface area contributed by atoms with Gasteiger partial charge in [-0.25, -0.2) is 4.98 Å². The van der Waals surface area contributed by atoms with E-state index in [2.05, 4.69) is 39.7 Å². The maximum atomic E-state index is 5.92. The molecule has 0 fully saturated rings. The molecule has 0 aliphatic carbocycles. The minimum Gasteiger partial charge on any atom is -0.439 e. The van der Waals surface area contributed by atoms with E-state index in [1.54, 1.807) is 0 Å². The van der Waals surface area contributed by atoms with Crippen LogP contribution in [0.1, 0.15) is 23.1 Å². The van der Waals surface area contributed by atoms with Crippen molar-refractivity contribution < 1.29 is 4.74 Å². The monoisotopic (exact) mass is 324 g/mol. The molecule has 0 bridgehead atoms. The fourth-order valence-electron chi connectivity index (χ4n) is 2.67. The van der Waals surface area contributed by atoms with Crippen molar-refractivity contribution >= 4 is 5.84 Å². The number of likely N-dealkylation sites (N-methyl/N-ethyl adjacent to an activating group) is 1. The fraction of sp³-hybridized carbons (Fsp3) is 0.368. The van der Waals surface area contributed by atoms with Gasteiger partial charge in [-0.1, -0.05) is 12.1 Å². The van der Waals surface area contributed by atoms with Crippen LogP contribution in [0.25, 0.3) is 0 Å². The Balaban J connectivity index is 1.68. The van der Waals surface area contributed by atoms with Crippen LogP contribution in [-0.4, -0.2) is 37.5 Å². The first kappa shape index (κ1) is 16.5. The lowest BCUT2D eigenvalue weighted by atomic mass is 10.1. The van der Waals surface area contributed by atoms with Gasteiger partial charge in [0.25, 0.3) is 0 Å². The highest BCUT2D eigenvalue weighted by Crippen LogP contribution is 2.24. The van der Waals surface area contributed by atoms with E-state index in [0.717, 1.165) is 55.2 Å². The molecule has 2 aromatic rings. The number of benzene rings is 1. The zero-order valence-electron chi connectivity index (χ0n) is 14.3. The molecule has 126 valence electrons. The number of hydrogen-bond acceptors (Lipinski definition) is 5. The van der Waals surface area contributed by atoms with Crippen LogP contribution in [0.3, 0.4) is 0 Å². The van der Waals surface area contributed by atoms with E-state index < -0.39 is 0 Å². The quantitative estimate of drug-likeness (QED) is 0.858. The van der Waals surface area contributed by atoms with Crippen molar-refractivity contribution in [3.63, 3.8) is 0 Å². The molecule has 5 nitrogen and oxygen atoms in total. The van der Waals surface area contributed by atoms with Gasteiger partial charge in [-0.15, -0.1) is 0 Å². The molecule has 2 heterocycles. The molecule has 0 radical (unpaired) electrons. The summed E-state index contributed by atoms with van der Waals surface area (Å²) >= 11 is 0. The first-order valence-corrected chi connectivity index (χ1v) is 8.43. The van der Waals surface area contributed by atoms with Crippen molar-refractivity contribution in [1.82, 2.24) is 15.6 Å². The molecular weight excluding hydrogens is 300 g/mol. The molecule has 0 amide bonds. The topological polar surface area (TPSA) is 58.5 Å². The lowest BCUT2D eigenvalue weighted by Crippen LogP contribution is -2.30. The van der Waals surface area contributed by atoms with Crippen LogP contribution in [0, 0.1) is 6.92 Å².